The van der Waals surface area contributed by atoms with Crippen molar-refractivity contribution in [3.8, 4) is 5.75 Å². The van der Waals surface area contributed by atoms with E-state index >= 15 is 0 Å². The Balaban J connectivity index is 1.80. The summed E-state index contributed by atoms with van der Waals surface area (Å²) in [6.07, 6.45) is 3.07. The second-order valence-electron chi connectivity index (χ2n) is 5.95. The number of aromatic nitrogens is 3. The highest BCUT2D eigenvalue weighted by Crippen LogP contribution is 2.31. The molecule has 0 unspecified atom stereocenters. The summed E-state index contributed by atoms with van der Waals surface area (Å²) in [7, 11) is 1.62. The summed E-state index contributed by atoms with van der Waals surface area (Å²) < 4.78 is 6.95. The van der Waals surface area contributed by atoms with Gasteiger partial charge in [-0.1, -0.05) is 0 Å². The predicted molar refractivity (Wildman–Crippen MR) is 105 cm³/mol. The maximum Gasteiger partial charge on any atom is 0.291 e. The molecule has 130 valence electrons. The molecule has 0 aliphatic rings. The van der Waals surface area contributed by atoms with Gasteiger partial charge in [-0.05, 0) is 55.3 Å². The molecule has 0 saturated carbocycles. The van der Waals surface area contributed by atoms with E-state index in [1.807, 2.05) is 44.2 Å². The van der Waals surface area contributed by atoms with Crippen LogP contribution in [0.25, 0.3) is 20.4 Å². The van der Waals surface area contributed by atoms with E-state index in [4.69, 9.17) is 4.74 Å². The van der Waals surface area contributed by atoms with Crippen LogP contribution in [0.15, 0.2) is 46.6 Å². The zero-order valence-electron chi connectivity index (χ0n) is 14.6. The molecule has 0 aliphatic heterocycles. The summed E-state index contributed by atoms with van der Waals surface area (Å²) in [6, 6.07) is 9.43. The minimum absolute atomic E-state index is 0.195. The molecule has 4 aromatic rings. The summed E-state index contributed by atoms with van der Waals surface area (Å²) in [6.45, 7) is 3.96. The van der Waals surface area contributed by atoms with Gasteiger partial charge in [-0.3, -0.25) is 4.79 Å². The van der Waals surface area contributed by atoms with E-state index in [-0.39, 0.29) is 5.56 Å². The molecule has 0 amide bonds. The highest BCUT2D eigenvalue weighted by molar-refractivity contribution is 7.25. The average molecular weight is 364 g/mol. The van der Waals surface area contributed by atoms with E-state index in [0.29, 0.717) is 10.2 Å². The molecular formula is C19H16N4O2S. The van der Waals surface area contributed by atoms with Crippen LogP contribution < -0.4 is 10.3 Å². The first-order valence-electron chi connectivity index (χ1n) is 8.03. The summed E-state index contributed by atoms with van der Waals surface area (Å²) in [4.78, 5) is 22.6. The van der Waals surface area contributed by atoms with Crippen LogP contribution in [-0.4, -0.2) is 28.0 Å². The number of pyridine rings is 1. The fraction of sp³-hybridized carbons (Fsp3) is 0.158. The Hall–Kier alpha value is -3.06. The molecule has 3 heterocycles. The van der Waals surface area contributed by atoms with Gasteiger partial charge in [0.1, 0.15) is 21.6 Å². The molecule has 0 radical (unpaired) electrons. The lowest BCUT2D eigenvalue weighted by Gasteiger charge is -2.00. The van der Waals surface area contributed by atoms with E-state index in [0.717, 1.165) is 32.8 Å². The van der Waals surface area contributed by atoms with E-state index in [1.165, 1.54) is 22.3 Å². The Morgan fingerprint density at radius 3 is 2.73 bits per heavy atom. The van der Waals surface area contributed by atoms with Crippen molar-refractivity contribution in [2.45, 2.75) is 13.8 Å². The molecule has 0 fully saturated rings. The van der Waals surface area contributed by atoms with Crippen LogP contribution in [0.1, 0.15) is 16.8 Å². The van der Waals surface area contributed by atoms with Crippen molar-refractivity contribution in [1.82, 2.24) is 14.6 Å². The number of methoxy groups -OCH3 is 1. The Morgan fingerprint density at radius 2 is 2.00 bits per heavy atom. The average Bonchev–Trinajstić information content (AvgIpc) is 3.01. The van der Waals surface area contributed by atoms with Crippen LogP contribution in [0.3, 0.4) is 0 Å². The molecule has 26 heavy (non-hydrogen) atoms. The number of ether oxygens (including phenoxy) is 1. The summed E-state index contributed by atoms with van der Waals surface area (Å²) in [5.41, 5.74) is 3.36. The highest BCUT2D eigenvalue weighted by atomic mass is 32.1. The third-order valence-corrected chi connectivity index (χ3v) is 5.17. The summed E-state index contributed by atoms with van der Waals surface area (Å²) in [5, 5.41) is 5.20. The molecule has 6 nitrogen and oxygen atoms in total. The van der Waals surface area contributed by atoms with Crippen molar-refractivity contribution in [3.05, 3.63) is 63.8 Å². The number of aryl methyl sites for hydroxylation is 2. The fourth-order valence-electron chi connectivity index (χ4n) is 2.86. The van der Waals surface area contributed by atoms with Crippen molar-refractivity contribution >= 4 is 38.0 Å². The fourth-order valence-corrected chi connectivity index (χ4v) is 4.04. The Bertz CT molecular complexity index is 1210. The van der Waals surface area contributed by atoms with Crippen LogP contribution in [-0.2, 0) is 0 Å². The molecule has 3 aromatic heterocycles. The van der Waals surface area contributed by atoms with Crippen LogP contribution in [0.2, 0.25) is 0 Å². The molecule has 0 saturated heterocycles. The summed E-state index contributed by atoms with van der Waals surface area (Å²) in [5.74, 6) is 0.769. The lowest BCUT2D eigenvalue weighted by atomic mass is 10.1. The minimum atomic E-state index is -0.195. The maximum atomic E-state index is 12.8. The normalized spacial score (nSPS) is 11.7. The van der Waals surface area contributed by atoms with Gasteiger partial charge < -0.3 is 4.74 Å². The smallest absolute Gasteiger partial charge is 0.291 e. The van der Waals surface area contributed by atoms with Crippen LogP contribution in [0.4, 0.5) is 0 Å². The van der Waals surface area contributed by atoms with Crippen molar-refractivity contribution < 1.29 is 4.74 Å². The molecule has 7 heteroatoms. The third-order valence-electron chi connectivity index (χ3n) is 4.11. The molecule has 1 aromatic carbocycles. The maximum absolute atomic E-state index is 12.8. The Kier molecular flexibility index (Phi) is 4.00. The second kappa shape index (κ2) is 6.34. The van der Waals surface area contributed by atoms with Gasteiger partial charge in [-0.2, -0.15) is 9.78 Å². The molecule has 0 aliphatic carbocycles. The van der Waals surface area contributed by atoms with Crippen LogP contribution in [0.5, 0.6) is 5.75 Å². The van der Waals surface area contributed by atoms with Crippen LogP contribution in [0, 0.1) is 13.8 Å². The van der Waals surface area contributed by atoms with Gasteiger partial charge in [0, 0.05) is 11.1 Å². The van der Waals surface area contributed by atoms with Gasteiger partial charge in [0.15, 0.2) is 0 Å². The number of nitrogens with zero attached hydrogens (tertiary/aromatic N) is 4. The Morgan fingerprint density at radius 1 is 1.23 bits per heavy atom. The highest BCUT2D eigenvalue weighted by Gasteiger charge is 2.14. The minimum Gasteiger partial charge on any atom is -0.497 e. The number of rotatable bonds is 3. The number of fused-ring (bicyclic) bond motifs is 3. The van der Waals surface area contributed by atoms with Gasteiger partial charge in [0.05, 0.1) is 18.8 Å². The van der Waals surface area contributed by atoms with Crippen molar-refractivity contribution in [1.29, 1.82) is 0 Å². The van der Waals surface area contributed by atoms with Crippen LogP contribution >= 0.6 is 11.3 Å². The zero-order chi connectivity index (χ0) is 18.3. The SMILES string of the molecule is COc1ccc(C=Nn2cnc3c(sc4nc(C)cc(C)c43)c2=O)cc1. The first-order valence-corrected chi connectivity index (χ1v) is 8.85. The topological polar surface area (TPSA) is 69.4 Å². The largest absolute Gasteiger partial charge is 0.497 e. The molecule has 4 rings (SSSR count). The zero-order valence-corrected chi connectivity index (χ0v) is 15.4. The van der Waals surface area contributed by atoms with Crippen molar-refractivity contribution in [3.63, 3.8) is 0 Å². The Labute approximate surface area is 153 Å². The van der Waals surface area contributed by atoms with Crippen molar-refractivity contribution in [2.24, 2.45) is 5.10 Å². The lowest BCUT2D eigenvalue weighted by Crippen LogP contribution is -2.15. The number of hydrogen-bond donors (Lipinski definition) is 0. The first kappa shape index (κ1) is 16.4. The lowest BCUT2D eigenvalue weighted by molar-refractivity contribution is 0.415. The number of thiophene rings is 1. The first-order chi connectivity index (χ1) is 12.6. The van der Waals surface area contributed by atoms with E-state index < -0.39 is 0 Å². The van der Waals surface area contributed by atoms with E-state index in [2.05, 4.69) is 15.1 Å². The predicted octanol–water partition coefficient (Wildman–Crippen LogP) is 3.51. The number of benzene rings is 1. The molecule has 0 N–H and O–H groups in total. The van der Waals surface area contributed by atoms with E-state index in [9.17, 15) is 4.79 Å². The molecule has 0 atom stereocenters. The van der Waals surface area contributed by atoms with Gasteiger partial charge in [0.25, 0.3) is 5.56 Å². The third kappa shape index (κ3) is 2.76. The van der Waals surface area contributed by atoms with E-state index in [1.54, 1.807) is 13.3 Å². The van der Waals surface area contributed by atoms with Crippen molar-refractivity contribution in [2.75, 3.05) is 7.11 Å². The molecule has 0 spiro atoms. The summed E-state index contributed by atoms with van der Waals surface area (Å²) >= 11 is 1.36. The molecule has 0 bridgehead atoms. The van der Waals surface area contributed by atoms with Gasteiger partial charge in [0.2, 0.25) is 0 Å². The van der Waals surface area contributed by atoms with Gasteiger partial charge in [-0.25, -0.2) is 9.97 Å². The van der Waals surface area contributed by atoms with Gasteiger partial charge in [-0.15, -0.1) is 11.3 Å². The number of hydrogen-bond acceptors (Lipinski definition) is 6. The second-order valence-corrected chi connectivity index (χ2v) is 6.95. The standard InChI is InChI=1S/C19H16N4O2S/c1-11-8-12(2)22-18-15(11)16-17(26-18)19(24)23(10-20-16)21-9-13-4-6-14(25-3)7-5-13/h4-10H,1-3H3. The van der Waals surface area contributed by atoms with Gasteiger partial charge >= 0.3 is 0 Å². The molecular weight excluding hydrogens is 348 g/mol. The monoisotopic (exact) mass is 364 g/mol. The quantitative estimate of drug-likeness (QED) is 0.522.